The summed E-state index contributed by atoms with van der Waals surface area (Å²) >= 11 is 2.18. The maximum Gasteiger partial charge on any atom is 0.0169 e. The topological polar surface area (TPSA) is 62.1 Å². The van der Waals surface area contributed by atoms with E-state index in [0.29, 0.717) is 0 Å². The molecule has 0 aliphatic rings. The molecule has 92 valence electrons. The van der Waals surface area contributed by atoms with Gasteiger partial charge in [0, 0.05) is 29.4 Å². The third-order valence-electron chi connectivity index (χ3n) is 2.14. The lowest BCUT2D eigenvalue weighted by Gasteiger charge is -2.05. The highest BCUT2D eigenvalue weighted by Crippen LogP contribution is 1.85. The van der Waals surface area contributed by atoms with Crippen molar-refractivity contribution in [1.29, 1.82) is 0 Å². The summed E-state index contributed by atoms with van der Waals surface area (Å²) in [6, 6.07) is 0. The van der Waals surface area contributed by atoms with Crippen molar-refractivity contribution >= 4 is 22.9 Å². The molecule has 0 aliphatic carbocycles. The van der Waals surface area contributed by atoms with Crippen LogP contribution in [0.5, 0.6) is 0 Å². The minimum absolute atomic E-state index is 0.791. The summed E-state index contributed by atoms with van der Waals surface area (Å²) in [5, 5.41) is 6.81. The maximum atomic E-state index is 5.39. The molecule has 0 saturated heterocycles. The molecule has 0 bridgehead atoms. The van der Waals surface area contributed by atoms with Crippen molar-refractivity contribution in [3.8, 4) is 0 Å². The monoisotopic (exact) mass is 328 g/mol. The van der Waals surface area contributed by atoms with Gasteiger partial charge in [-0.2, -0.15) is 0 Å². The summed E-state index contributed by atoms with van der Waals surface area (Å²) in [4.78, 5) is 0. The van der Waals surface area contributed by atoms with Crippen molar-refractivity contribution in [3.63, 3.8) is 0 Å². The summed E-state index contributed by atoms with van der Waals surface area (Å²) in [5.41, 5.74) is 5.39. The van der Waals surface area contributed by atoms with Gasteiger partial charge >= 0.3 is 0 Å². The summed E-state index contributed by atoms with van der Waals surface area (Å²) in [6.45, 7) is 6.33. The number of nitrogens with one attached hydrogen (secondary N) is 3. The molecule has 0 radical (unpaired) electrons. The molecule has 0 unspecified atom stereocenters. The first kappa shape index (κ1) is 15.6. The Balaban J connectivity index is 2.81. The predicted octanol–water partition coefficient (Wildman–Crippen LogP) is 0.624. The molecule has 5 heteroatoms. The van der Waals surface area contributed by atoms with Crippen LogP contribution in [0.3, 0.4) is 0 Å². The standard InChI is InChI=1S/C10H25IN4/c11-15-10-4-9-14-7-2-1-6-13-8-3-5-12/h13-15H,1-10,12H2. The second-order valence-electron chi connectivity index (χ2n) is 3.59. The number of hydrogen-bond acceptors (Lipinski definition) is 4. The lowest BCUT2D eigenvalue weighted by atomic mass is 10.3. The van der Waals surface area contributed by atoms with Gasteiger partial charge in [0.1, 0.15) is 0 Å². The molecular weight excluding hydrogens is 303 g/mol. The Kier molecular flexibility index (Phi) is 15.1. The first-order valence-corrected chi connectivity index (χ1v) is 6.94. The Bertz CT molecular complexity index is 102. The van der Waals surface area contributed by atoms with Gasteiger partial charge in [0.15, 0.2) is 0 Å². The SMILES string of the molecule is NCCCNCCCCNCCCNI. The van der Waals surface area contributed by atoms with Crippen molar-refractivity contribution in [2.24, 2.45) is 5.73 Å². The van der Waals surface area contributed by atoms with Gasteiger partial charge in [-0.05, 0) is 58.4 Å². The molecule has 0 atom stereocenters. The molecule has 0 saturated carbocycles. The Morgan fingerprint density at radius 2 is 1.27 bits per heavy atom. The fourth-order valence-corrected chi connectivity index (χ4v) is 1.64. The van der Waals surface area contributed by atoms with Gasteiger partial charge < -0.3 is 16.4 Å². The highest BCUT2D eigenvalue weighted by Gasteiger charge is 1.90. The van der Waals surface area contributed by atoms with Gasteiger partial charge in [0.05, 0.1) is 0 Å². The fourth-order valence-electron chi connectivity index (χ4n) is 1.26. The Labute approximate surface area is 108 Å². The zero-order valence-corrected chi connectivity index (χ0v) is 11.7. The van der Waals surface area contributed by atoms with Crippen LogP contribution in [0, 0.1) is 0 Å². The van der Waals surface area contributed by atoms with Gasteiger partial charge in [0.2, 0.25) is 0 Å². The van der Waals surface area contributed by atoms with Gasteiger partial charge in [0.25, 0.3) is 0 Å². The Hall–Kier alpha value is 0.570. The van der Waals surface area contributed by atoms with E-state index in [0.717, 1.165) is 45.7 Å². The van der Waals surface area contributed by atoms with Crippen LogP contribution < -0.4 is 19.9 Å². The lowest BCUT2D eigenvalue weighted by Crippen LogP contribution is -2.22. The van der Waals surface area contributed by atoms with Crippen molar-refractivity contribution < 1.29 is 0 Å². The van der Waals surface area contributed by atoms with Crippen molar-refractivity contribution in [3.05, 3.63) is 0 Å². The van der Waals surface area contributed by atoms with E-state index in [9.17, 15) is 0 Å². The number of unbranched alkanes of at least 4 members (excludes halogenated alkanes) is 1. The smallest absolute Gasteiger partial charge is 0.0169 e. The van der Waals surface area contributed by atoms with Crippen LogP contribution in [0.25, 0.3) is 0 Å². The molecule has 0 rings (SSSR count). The molecular formula is C10H25IN4. The predicted molar refractivity (Wildman–Crippen MR) is 75.3 cm³/mol. The zero-order valence-electron chi connectivity index (χ0n) is 9.53. The molecule has 5 N–H and O–H groups in total. The van der Waals surface area contributed by atoms with Crippen LogP contribution in [0.1, 0.15) is 25.7 Å². The normalized spacial score (nSPS) is 10.8. The summed E-state index contributed by atoms with van der Waals surface area (Å²) in [6.07, 6.45) is 4.80. The number of rotatable bonds is 12. The minimum Gasteiger partial charge on any atom is -0.330 e. The lowest BCUT2D eigenvalue weighted by molar-refractivity contribution is 0.569. The molecule has 0 heterocycles. The van der Waals surface area contributed by atoms with E-state index in [4.69, 9.17) is 5.73 Å². The van der Waals surface area contributed by atoms with Crippen LogP contribution in [-0.4, -0.2) is 39.3 Å². The number of nitrogens with two attached hydrogens (primary N) is 1. The molecule has 0 aromatic carbocycles. The van der Waals surface area contributed by atoms with E-state index in [-0.39, 0.29) is 0 Å². The first-order chi connectivity index (χ1) is 7.41. The Morgan fingerprint density at radius 3 is 1.80 bits per heavy atom. The summed E-state index contributed by atoms with van der Waals surface area (Å²) in [7, 11) is 0. The molecule has 0 aromatic heterocycles. The van der Waals surface area contributed by atoms with Crippen LogP contribution in [0.15, 0.2) is 0 Å². The van der Waals surface area contributed by atoms with Gasteiger partial charge in [-0.3, -0.25) is 3.53 Å². The zero-order chi connectivity index (χ0) is 11.2. The van der Waals surface area contributed by atoms with Crippen molar-refractivity contribution in [2.45, 2.75) is 25.7 Å². The van der Waals surface area contributed by atoms with Crippen molar-refractivity contribution in [2.75, 3.05) is 39.3 Å². The average Bonchev–Trinajstić information content (AvgIpc) is 2.26. The molecule has 4 nitrogen and oxygen atoms in total. The molecule has 0 spiro atoms. The first-order valence-electron chi connectivity index (χ1n) is 5.86. The molecule has 0 amide bonds. The van der Waals surface area contributed by atoms with Gasteiger partial charge in [-0.15, -0.1) is 0 Å². The highest BCUT2D eigenvalue weighted by molar-refractivity contribution is 14.1. The van der Waals surface area contributed by atoms with Gasteiger partial charge in [-0.25, -0.2) is 0 Å². The van der Waals surface area contributed by atoms with E-state index >= 15 is 0 Å². The van der Waals surface area contributed by atoms with E-state index in [1.165, 1.54) is 19.3 Å². The second-order valence-corrected chi connectivity index (χ2v) is 4.35. The molecule has 15 heavy (non-hydrogen) atoms. The van der Waals surface area contributed by atoms with E-state index in [1.54, 1.807) is 0 Å². The van der Waals surface area contributed by atoms with E-state index in [1.807, 2.05) is 0 Å². The molecule has 0 aromatic rings. The fraction of sp³-hybridized carbons (Fsp3) is 1.00. The number of halogens is 1. The molecule has 0 aliphatic heterocycles. The van der Waals surface area contributed by atoms with Gasteiger partial charge in [-0.1, -0.05) is 0 Å². The molecule has 0 fully saturated rings. The minimum atomic E-state index is 0.791. The largest absolute Gasteiger partial charge is 0.330 e. The van der Waals surface area contributed by atoms with Crippen LogP contribution in [0.2, 0.25) is 0 Å². The Morgan fingerprint density at radius 1 is 0.733 bits per heavy atom. The third kappa shape index (κ3) is 14.6. The number of hydrogen-bond donors (Lipinski definition) is 4. The van der Waals surface area contributed by atoms with Crippen LogP contribution in [-0.2, 0) is 0 Å². The summed E-state index contributed by atoms with van der Waals surface area (Å²) < 4.78 is 3.11. The van der Waals surface area contributed by atoms with Crippen molar-refractivity contribution in [1.82, 2.24) is 14.2 Å². The van der Waals surface area contributed by atoms with E-state index in [2.05, 4.69) is 37.0 Å². The third-order valence-corrected chi connectivity index (χ3v) is 2.68. The second kappa shape index (κ2) is 14.6. The average molecular weight is 328 g/mol. The summed E-state index contributed by atoms with van der Waals surface area (Å²) in [5.74, 6) is 0. The van der Waals surface area contributed by atoms with Crippen LogP contribution >= 0.6 is 22.9 Å². The van der Waals surface area contributed by atoms with E-state index < -0.39 is 0 Å². The highest BCUT2D eigenvalue weighted by atomic mass is 127. The van der Waals surface area contributed by atoms with Crippen LogP contribution in [0.4, 0.5) is 0 Å². The quantitative estimate of drug-likeness (QED) is 0.241. The maximum absolute atomic E-state index is 5.39.